The summed E-state index contributed by atoms with van der Waals surface area (Å²) in [5.74, 6) is 0.708. The van der Waals surface area contributed by atoms with Crippen molar-refractivity contribution in [2.75, 3.05) is 0 Å². The lowest BCUT2D eigenvalue weighted by Crippen LogP contribution is -1.99. The Morgan fingerprint density at radius 1 is 0.328 bits per heavy atom. The van der Waals surface area contributed by atoms with E-state index in [1.807, 2.05) is 11.3 Å². The largest absolute Gasteiger partial charge is 0.309 e. The zero-order chi connectivity index (χ0) is 43.7. The predicted octanol–water partition coefficient (Wildman–Crippen LogP) is 17.0. The zero-order valence-electron chi connectivity index (χ0n) is 36.0. The smallest absolute Gasteiger partial charge is 0.161 e. The molecule has 0 fully saturated rings. The molecule has 4 heterocycles. The van der Waals surface area contributed by atoms with Gasteiger partial charge in [-0.05, 0) is 105 Å². The highest BCUT2D eigenvalue weighted by Crippen LogP contribution is 2.42. The Morgan fingerprint density at radius 2 is 0.985 bits per heavy atom. The maximum absolute atomic E-state index is 5.50. The minimum atomic E-state index is 0.708. The Kier molecular flexibility index (Phi) is 7.63. The number of hydrogen-bond donors (Lipinski definition) is 0. The molecule has 67 heavy (non-hydrogen) atoms. The van der Waals surface area contributed by atoms with E-state index in [-0.39, 0.29) is 0 Å². The molecule has 0 radical (unpaired) electrons. The summed E-state index contributed by atoms with van der Waals surface area (Å²) in [5, 5.41) is 15.8. The molecule has 0 spiro atoms. The summed E-state index contributed by atoms with van der Waals surface area (Å²) in [6.07, 6.45) is 0. The molecule has 5 heteroatoms. The van der Waals surface area contributed by atoms with Gasteiger partial charge in [-0.1, -0.05) is 146 Å². The van der Waals surface area contributed by atoms with Gasteiger partial charge in [0.05, 0.1) is 33.3 Å². The van der Waals surface area contributed by atoms with Crippen molar-refractivity contribution >= 4 is 118 Å². The highest BCUT2D eigenvalue weighted by Gasteiger charge is 2.20. The van der Waals surface area contributed by atoms with Crippen molar-refractivity contribution in [3.8, 4) is 34.0 Å². The first kappa shape index (κ1) is 36.7. The number of nitrogens with zero attached hydrogens (tertiary/aromatic N) is 4. The summed E-state index contributed by atoms with van der Waals surface area (Å²) in [6, 6.07) is 79.7. The minimum Gasteiger partial charge on any atom is -0.309 e. The van der Waals surface area contributed by atoms with Gasteiger partial charge < -0.3 is 9.13 Å². The van der Waals surface area contributed by atoms with Crippen LogP contribution in [0, 0.1) is 0 Å². The fraction of sp³-hybridized carbons (Fsp3) is 0. The lowest BCUT2D eigenvalue weighted by Gasteiger charge is -2.15. The highest BCUT2D eigenvalue weighted by molar-refractivity contribution is 7.25. The van der Waals surface area contributed by atoms with E-state index in [1.165, 1.54) is 74.3 Å². The van der Waals surface area contributed by atoms with Crippen molar-refractivity contribution in [3.63, 3.8) is 0 Å². The molecule has 310 valence electrons. The zero-order valence-corrected chi connectivity index (χ0v) is 36.8. The topological polar surface area (TPSA) is 35.6 Å². The maximum atomic E-state index is 5.50. The number of benzene rings is 11. The third-order valence-electron chi connectivity index (χ3n) is 14.0. The molecule has 15 rings (SSSR count). The third-order valence-corrected chi connectivity index (χ3v) is 15.2. The molecule has 0 amide bonds. The van der Waals surface area contributed by atoms with Crippen LogP contribution in [-0.4, -0.2) is 19.1 Å². The average Bonchev–Trinajstić information content (AvgIpc) is 4.04. The van der Waals surface area contributed by atoms with Crippen LogP contribution in [0.2, 0.25) is 0 Å². The highest BCUT2D eigenvalue weighted by atomic mass is 32.1. The predicted molar refractivity (Wildman–Crippen MR) is 284 cm³/mol. The van der Waals surface area contributed by atoms with Crippen molar-refractivity contribution in [2.24, 2.45) is 0 Å². The SMILES string of the molecule is c1ccc2c(-c3nc(-c4ccc5c(c4)sc4ccccc45)c4ccccc4n3)cc(-n3c4ccccc4c4cc5cc(-n6c7ccccc7c7c8ccccc8ccc76)ccc5cc43)cc2c1. The van der Waals surface area contributed by atoms with Gasteiger partial charge in [0.1, 0.15) is 0 Å². The Morgan fingerprint density at radius 3 is 1.87 bits per heavy atom. The summed E-state index contributed by atoms with van der Waals surface area (Å²) >= 11 is 1.83. The quantitative estimate of drug-likeness (QED) is 0.177. The van der Waals surface area contributed by atoms with Crippen LogP contribution in [0.25, 0.3) is 141 Å². The van der Waals surface area contributed by atoms with Crippen molar-refractivity contribution in [1.82, 2.24) is 19.1 Å². The van der Waals surface area contributed by atoms with Gasteiger partial charge in [0.25, 0.3) is 0 Å². The molecule has 0 aliphatic carbocycles. The molecule has 0 unspecified atom stereocenters. The van der Waals surface area contributed by atoms with Crippen molar-refractivity contribution < 1.29 is 0 Å². The van der Waals surface area contributed by atoms with E-state index in [4.69, 9.17) is 9.97 Å². The van der Waals surface area contributed by atoms with Crippen LogP contribution in [0.3, 0.4) is 0 Å². The molecule has 0 saturated heterocycles. The minimum absolute atomic E-state index is 0.708. The molecule has 0 N–H and O–H groups in total. The van der Waals surface area contributed by atoms with Gasteiger partial charge in [0.2, 0.25) is 0 Å². The summed E-state index contributed by atoms with van der Waals surface area (Å²) in [6.45, 7) is 0. The van der Waals surface area contributed by atoms with Crippen LogP contribution in [0.15, 0.2) is 218 Å². The Hall–Kier alpha value is -8.64. The van der Waals surface area contributed by atoms with E-state index in [1.54, 1.807) is 0 Å². The second-order valence-corrected chi connectivity index (χ2v) is 18.8. The number of para-hydroxylation sites is 3. The van der Waals surface area contributed by atoms with Crippen LogP contribution in [0.4, 0.5) is 0 Å². The van der Waals surface area contributed by atoms with E-state index in [9.17, 15) is 0 Å². The second-order valence-electron chi connectivity index (χ2n) is 17.7. The summed E-state index contributed by atoms with van der Waals surface area (Å²) < 4.78 is 7.42. The number of fused-ring (bicyclic) bond motifs is 14. The molecule has 0 atom stereocenters. The van der Waals surface area contributed by atoms with Crippen LogP contribution < -0.4 is 0 Å². The van der Waals surface area contributed by atoms with E-state index < -0.39 is 0 Å². The van der Waals surface area contributed by atoms with E-state index in [0.717, 1.165) is 60.9 Å². The van der Waals surface area contributed by atoms with Crippen molar-refractivity contribution in [3.05, 3.63) is 218 Å². The van der Waals surface area contributed by atoms with Crippen molar-refractivity contribution in [1.29, 1.82) is 0 Å². The van der Waals surface area contributed by atoms with Gasteiger partial charge in [0.15, 0.2) is 5.82 Å². The first-order valence-corrected chi connectivity index (χ1v) is 23.6. The molecular weight excluding hydrogens is 833 g/mol. The van der Waals surface area contributed by atoms with Gasteiger partial charge >= 0.3 is 0 Å². The maximum Gasteiger partial charge on any atom is 0.161 e. The number of aromatic nitrogens is 4. The molecule has 0 aliphatic rings. The van der Waals surface area contributed by atoms with E-state index >= 15 is 0 Å². The van der Waals surface area contributed by atoms with Crippen molar-refractivity contribution in [2.45, 2.75) is 0 Å². The standard InChI is InChI=1S/C62H36N4S/c1-4-16-45-37(13-1)27-30-56-60(45)50-20-7-11-23-55(50)65(56)42-28-25-38-34-57-51(33-41(38)32-42)46-17-6-10-22-54(46)66(57)43-31-39-14-2-3-15-44(39)52(36-43)62-63-53-21-9-5-19-49(53)61(64-62)40-26-29-48-47-18-8-12-24-58(47)67-59(48)35-40/h1-36H. The van der Waals surface area contributed by atoms with Crippen LogP contribution in [0.5, 0.6) is 0 Å². The first-order valence-electron chi connectivity index (χ1n) is 22.8. The molecule has 0 bridgehead atoms. The molecule has 15 aromatic rings. The summed E-state index contributed by atoms with van der Waals surface area (Å²) in [7, 11) is 0. The fourth-order valence-electron chi connectivity index (χ4n) is 11.0. The Bertz CT molecular complexity index is 4590. The number of thiophene rings is 1. The molecule has 4 aromatic heterocycles. The second kappa shape index (κ2) is 13.9. The molecule has 0 saturated carbocycles. The van der Waals surface area contributed by atoms with Gasteiger partial charge in [-0.2, -0.15) is 0 Å². The molecule has 4 nitrogen and oxygen atoms in total. The summed E-state index contributed by atoms with van der Waals surface area (Å²) in [5.41, 5.74) is 10.9. The first-order chi connectivity index (χ1) is 33.2. The van der Waals surface area contributed by atoms with E-state index in [2.05, 4.69) is 228 Å². The monoisotopic (exact) mass is 868 g/mol. The normalized spacial score (nSPS) is 12.2. The molecule has 0 aliphatic heterocycles. The Labute approximate surface area is 387 Å². The van der Waals surface area contributed by atoms with Gasteiger partial charge in [0, 0.05) is 69.6 Å². The lowest BCUT2D eigenvalue weighted by molar-refractivity contribution is 1.18. The molecule has 11 aromatic carbocycles. The average molecular weight is 869 g/mol. The van der Waals surface area contributed by atoms with E-state index in [0.29, 0.717) is 5.82 Å². The lowest BCUT2D eigenvalue weighted by atomic mass is 10.0. The fourth-order valence-corrected chi connectivity index (χ4v) is 12.2. The third kappa shape index (κ3) is 5.40. The van der Waals surface area contributed by atoms with Crippen LogP contribution >= 0.6 is 11.3 Å². The number of rotatable bonds is 4. The van der Waals surface area contributed by atoms with Gasteiger partial charge in [-0.15, -0.1) is 11.3 Å². The Balaban J connectivity index is 0.931. The van der Waals surface area contributed by atoms with Crippen LogP contribution in [0.1, 0.15) is 0 Å². The molecular formula is C62H36N4S. The van der Waals surface area contributed by atoms with Crippen LogP contribution in [-0.2, 0) is 0 Å². The summed E-state index contributed by atoms with van der Waals surface area (Å²) in [4.78, 5) is 10.8. The van der Waals surface area contributed by atoms with Gasteiger partial charge in [-0.3, -0.25) is 0 Å². The van der Waals surface area contributed by atoms with Gasteiger partial charge in [-0.25, -0.2) is 9.97 Å². The number of hydrogen-bond acceptors (Lipinski definition) is 3.